The summed E-state index contributed by atoms with van der Waals surface area (Å²) in [5.41, 5.74) is 6.27. The Balaban J connectivity index is 1.78. The van der Waals surface area contributed by atoms with Crippen LogP contribution < -0.4 is 5.73 Å². The molecule has 0 saturated heterocycles. The van der Waals surface area contributed by atoms with Crippen LogP contribution in [0.25, 0.3) is 0 Å². The Morgan fingerprint density at radius 1 is 1.35 bits per heavy atom. The summed E-state index contributed by atoms with van der Waals surface area (Å²) < 4.78 is 5.40. The normalized spacial score (nSPS) is 36.0. The number of hydrogen-bond acceptors (Lipinski definition) is 5. The van der Waals surface area contributed by atoms with Crippen LogP contribution in [0.3, 0.4) is 0 Å². The van der Waals surface area contributed by atoms with E-state index in [1.54, 1.807) is 0 Å². The summed E-state index contributed by atoms with van der Waals surface area (Å²) >= 11 is 0. The zero-order valence-corrected chi connectivity index (χ0v) is 10.5. The van der Waals surface area contributed by atoms with Crippen LogP contribution in [0, 0.1) is 11.8 Å². The second kappa shape index (κ2) is 4.07. The average Bonchev–Trinajstić information content (AvgIpc) is 2.92. The monoisotopic (exact) mass is 236 g/mol. The molecule has 1 heterocycles. The molecule has 0 aliphatic heterocycles. The molecule has 2 saturated carbocycles. The highest BCUT2D eigenvalue weighted by molar-refractivity contribution is 5.11. The maximum atomic E-state index is 6.27. The third-order valence-electron chi connectivity index (χ3n) is 4.21. The van der Waals surface area contributed by atoms with Crippen LogP contribution in [0.1, 0.15) is 36.9 Å². The Morgan fingerprint density at radius 2 is 2.12 bits per heavy atom. The van der Waals surface area contributed by atoms with Crippen LogP contribution >= 0.6 is 0 Å². The number of fused-ring (bicyclic) bond motifs is 2. The van der Waals surface area contributed by atoms with Crippen LogP contribution in [-0.4, -0.2) is 35.2 Å². The van der Waals surface area contributed by atoms with Crippen molar-refractivity contribution >= 4 is 0 Å². The van der Waals surface area contributed by atoms with Crippen molar-refractivity contribution in [3.05, 3.63) is 11.7 Å². The van der Waals surface area contributed by atoms with Crippen molar-refractivity contribution in [2.45, 2.75) is 37.8 Å². The van der Waals surface area contributed by atoms with Gasteiger partial charge in [-0.15, -0.1) is 0 Å². The maximum absolute atomic E-state index is 6.27. The summed E-state index contributed by atoms with van der Waals surface area (Å²) in [5.74, 6) is 3.18. The van der Waals surface area contributed by atoms with Crippen molar-refractivity contribution in [3.63, 3.8) is 0 Å². The summed E-state index contributed by atoms with van der Waals surface area (Å²) in [7, 11) is 4.00. The number of hydrogen-bond donors (Lipinski definition) is 1. The molecule has 1 aromatic rings. The highest BCUT2D eigenvalue weighted by Gasteiger charge is 2.48. The van der Waals surface area contributed by atoms with Gasteiger partial charge in [-0.25, -0.2) is 0 Å². The molecule has 5 nitrogen and oxygen atoms in total. The van der Waals surface area contributed by atoms with E-state index in [4.69, 9.17) is 10.3 Å². The van der Waals surface area contributed by atoms with Crippen molar-refractivity contribution < 1.29 is 4.52 Å². The number of rotatable bonds is 3. The molecule has 0 aromatic carbocycles. The van der Waals surface area contributed by atoms with E-state index in [1.165, 1.54) is 19.3 Å². The molecule has 1 aromatic heterocycles. The van der Waals surface area contributed by atoms with Crippen molar-refractivity contribution in [2.75, 3.05) is 14.1 Å². The summed E-state index contributed by atoms with van der Waals surface area (Å²) in [6, 6.07) is 0.224. The fourth-order valence-electron chi connectivity index (χ4n) is 3.45. The third-order valence-corrected chi connectivity index (χ3v) is 4.21. The Kier molecular flexibility index (Phi) is 2.67. The molecule has 94 valence electrons. The van der Waals surface area contributed by atoms with Crippen LogP contribution in [0.15, 0.2) is 4.52 Å². The lowest BCUT2D eigenvalue weighted by Gasteiger charge is -2.24. The minimum absolute atomic E-state index is 0.224. The van der Waals surface area contributed by atoms with Gasteiger partial charge in [-0.3, -0.25) is 0 Å². The second-order valence-electron chi connectivity index (χ2n) is 5.72. The SMILES string of the molecule is CN(C)Cc1noc(C2C3CCC(C3)C2N)n1. The van der Waals surface area contributed by atoms with Gasteiger partial charge in [-0.1, -0.05) is 5.16 Å². The van der Waals surface area contributed by atoms with Gasteiger partial charge < -0.3 is 15.2 Å². The minimum Gasteiger partial charge on any atom is -0.339 e. The molecular formula is C12H20N4O. The van der Waals surface area contributed by atoms with E-state index in [-0.39, 0.29) is 6.04 Å². The lowest BCUT2D eigenvalue weighted by Crippen LogP contribution is -2.34. The van der Waals surface area contributed by atoms with Crippen LogP contribution in [-0.2, 0) is 6.54 Å². The minimum atomic E-state index is 0.224. The number of nitrogens with two attached hydrogens (primary N) is 1. The van der Waals surface area contributed by atoms with E-state index in [1.807, 2.05) is 19.0 Å². The molecule has 2 N–H and O–H groups in total. The van der Waals surface area contributed by atoms with Gasteiger partial charge in [0.1, 0.15) is 0 Å². The molecule has 4 unspecified atom stereocenters. The first-order valence-electron chi connectivity index (χ1n) is 6.38. The molecule has 2 bridgehead atoms. The van der Waals surface area contributed by atoms with Gasteiger partial charge in [-0.2, -0.15) is 4.98 Å². The van der Waals surface area contributed by atoms with Crippen molar-refractivity contribution in [1.82, 2.24) is 15.0 Å². The summed E-state index contributed by atoms with van der Waals surface area (Å²) in [4.78, 5) is 6.54. The molecule has 2 aliphatic carbocycles. The van der Waals surface area contributed by atoms with Crippen LogP contribution in [0.2, 0.25) is 0 Å². The molecular weight excluding hydrogens is 216 g/mol. The van der Waals surface area contributed by atoms with Gasteiger partial charge in [0.15, 0.2) is 5.82 Å². The van der Waals surface area contributed by atoms with E-state index in [2.05, 4.69) is 10.1 Å². The standard InChI is InChI=1S/C12H20N4O/c1-16(2)6-9-14-12(17-15-9)10-7-3-4-8(5-7)11(10)13/h7-8,10-11H,3-6,13H2,1-2H3. The Labute approximate surface area is 101 Å². The van der Waals surface area contributed by atoms with E-state index < -0.39 is 0 Å². The fourth-order valence-corrected chi connectivity index (χ4v) is 3.45. The first kappa shape index (κ1) is 11.2. The van der Waals surface area contributed by atoms with Gasteiger partial charge in [0.2, 0.25) is 5.89 Å². The first-order chi connectivity index (χ1) is 8.15. The molecule has 3 rings (SSSR count). The molecule has 5 heteroatoms. The number of aromatic nitrogens is 2. The van der Waals surface area contributed by atoms with Crippen LogP contribution in [0.4, 0.5) is 0 Å². The van der Waals surface area contributed by atoms with Crippen LogP contribution in [0.5, 0.6) is 0 Å². The number of nitrogens with zero attached hydrogens (tertiary/aromatic N) is 3. The molecule has 2 aliphatic rings. The highest BCUT2D eigenvalue weighted by Crippen LogP contribution is 2.51. The summed E-state index contributed by atoms with van der Waals surface area (Å²) in [6.45, 7) is 0.722. The van der Waals surface area contributed by atoms with Gasteiger partial charge in [0, 0.05) is 6.04 Å². The van der Waals surface area contributed by atoms with Crippen molar-refractivity contribution in [3.8, 4) is 0 Å². The maximum Gasteiger partial charge on any atom is 0.231 e. The Bertz CT molecular complexity index is 401. The zero-order chi connectivity index (χ0) is 12.0. The predicted molar refractivity (Wildman–Crippen MR) is 63.2 cm³/mol. The molecule has 0 spiro atoms. The zero-order valence-electron chi connectivity index (χ0n) is 10.5. The highest BCUT2D eigenvalue weighted by atomic mass is 16.5. The molecule has 2 fully saturated rings. The van der Waals surface area contributed by atoms with Crippen molar-refractivity contribution in [1.29, 1.82) is 0 Å². The van der Waals surface area contributed by atoms with E-state index in [9.17, 15) is 0 Å². The van der Waals surface area contributed by atoms with Gasteiger partial charge in [-0.05, 0) is 45.2 Å². The second-order valence-corrected chi connectivity index (χ2v) is 5.72. The van der Waals surface area contributed by atoms with E-state index >= 15 is 0 Å². The molecule has 0 radical (unpaired) electrons. The van der Waals surface area contributed by atoms with Crippen molar-refractivity contribution in [2.24, 2.45) is 17.6 Å². The quantitative estimate of drug-likeness (QED) is 0.847. The molecule has 17 heavy (non-hydrogen) atoms. The fraction of sp³-hybridized carbons (Fsp3) is 0.833. The summed E-state index contributed by atoms with van der Waals surface area (Å²) in [6.07, 6.45) is 3.80. The van der Waals surface area contributed by atoms with E-state index in [0.717, 1.165) is 18.3 Å². The average molecular weight is 236 g/mol. The largest absolute Gasteiger partial charge is 0.339 e. The smallest absolute Gasteiger partial charge is 0.231 e. The Morgan fingerprint density at radius 3 is 2.76 bits per heavy atom. The topological polar surface area (TPSA) is 68.2 Å². The predicted octanol–water partition coefficient (Wildman–Crippen LogP) is 0.972. The molecule has 0 amide bonds. The van der Waals surface area contributed by atoms with Gasteiger partial charge >= 0.3 is 0 Å². The molecule has 4 atom stereocenters. The van der Waals surface area contributed by atoms with Gasteiger partial charge in [0.05, 0.1) is 12.5 Å². The lowest BCUT2D eigenvalue weighted by molar-refractivity contribution is 0.276. The summed E-state index contributed by atoms with van der Waals surface area (Å²) in [5, 5.41) is 4.04. The van der Waals surface area contributed by atoms with Gasteiger partial charge in [0.25, 0.3) is 0 Å². The Hall–Kier alpha value is -0.940. The van der Waals surface area contributed by atoms with E-state index in [0.29, 0.717) is 17.8 Å². The lowest BCUT2D eigenvalue weighted by atomic mass is 9.85. The third kappa shape index (κ3) is 1.87. The first-order valence-corrected chi connectivity index (χ1v) is 6.38.